The number of nitrogens with two attached hydrogens (primary N) is 1. The number of hydrogen-bond donors (Lipinski definition) is 1. The fourth-order valence-corrected chi connectivity index (χ4v) is 4.14. The van der Waals surface area contributed by atoms with Crippen LogP contribution in [0.1, 0.15) is 43.8 Å². The second-order valence-corrected chi connectivity index (χ2v) is 7.79. The number of rotatable bonds is 0. The lowest BCUT2D eigenvalue weighted by Gasteiger charge is -2.29. The second kappa shape index (κ2) is 8.39. The van der Waals surface area contributed by atoms with Gasteiger partial charge in [-0.15, -0.1) is 0 Å². The number of nitrogen functional groups attached to an aromatic ring is 1. The zero-order valence-corrected chi connectivity index (χ0v) is 18.8. The van der Waals surface area contributed by atoms with E-state index in [0.717, 1.165) is 0 Å². The largest absolute Gasteiger partial charge is 0.482 e. The Hall–Kier alpha value is -4.19. The predicted molar refractivity (Wildman–Crippen MR) is 122 cm³/mol. The first-order chi connectivity index (χ1) is 15.7. The van der Waals surface area contributed by atoms with Crippen LogP contribution in [0.5, 0.6) is 5.75 Å². The van der Waals surface area contributed by atoms with Gasteiger partial charge in [0.25, 0.3) is 0 Å². The van der Waals surface area contributed by atoms with Gasteiger partial charge >= 0.3 is 0 Å². The molecule has 8 nitrogen and oxygen atoms in total. The molecule has 0 saturated heterocycles. The number of halogens is 1. The Bertz CT molecular complexity index is 1340. The van der Waals surface area contributed by atoms with Gasteiger partial charge in [-0.1, -0.05) is 6.08 Å². The molecule has 168 valence electrons. The van der Waals surface area contributed by atoms with Crippen molar-refractivity contribution in [2.45, 2.75) is 33.3 Å². The minimum atomic E-state index is -0.654. The SMILES string of the molecule is CC=C1Cc2nn(C)c(C#N)c2-c2cnc(N)c(c2)O[C@H](C)c2cc(F)ccc2N1C(C)=O. The Morgan fingerprint density at radius 1 is 1.39 bits per heavy atom. The number of allylic oxidation sites excluding steroid dienone is 2. The molecule has 33 heavy (non-hydrogen) atoms. The minimum Gasteiger partial charge on any atom is -0.482 e. The highest BCUT2D eigenvalue weighted by Crippen LogP contribution is 2.39. The fraction of sp³-hybridized carbons (Fsp3) is 0.250. The van der Waals surface area contributed by atoms with Gasteiger partial charge in [-0.3, -0.25) is 14.4 Å². The molecule has 0 fully saturated rings. The molecule has 1 aromatic carbocycles. The third-order valence-electron chi connectivity index (χ3n) is 5.65. The van der Waals surface area contributed by atoms with Crippen molar-refractivity contribution in [1.82, 2.24) is 14.8 Å². The Morgan fingerprint density at radius 3 is 2.82 bits per heavy atom. The minimum absolute atomic E-state index is 0.155. The molecule has 1 aliphatic rings. The molecule has 4 rings (SSSR count). The van der Waals surface area contributed by atoms with Gasteiger partial charge in [0, 0.05) is 49.0 Å². The molecule has 1 amide bonds. The van der Waals surface area contributed by atoms with Gasteiger partial charge in [-0.05, 0) is 38.1 Å². The average Bonchev–Trinajstić information content (AvgIpc) is 3.09. The molecule has 0 spiro atoms. The summed E-state index contributed by atoms with van der Waals surface area (Å²) in [6, 6.07) is 8.11. The molecular formula is C24H23FN6O2. The van der Waals surface area contributed by atoms with Crippen molar-refractivity contribution in [3.63, 3.8) is 0 Å². The lowest BCUT2D eigenvalue weighted by atomic mass is 9.99. The molecule has 9 heteroatoms. The lowest BCUT2D eigenvalue weighted by molar-refractivity contribution is -0.116. The zero-order valence-electron chi connectivity index (χ0n) is 18.8. The van der Waals surface area contributed by atoms with Crippen LogP contribution in [0.25, 0.3) is 11.1 Å². The second-order valence-electron chi connectivity index (χ2n) is 7.79. The predicted octanol–water partition coefficient (Wildman–Crippen LogP) is 4.03. The Morgan fingerprint density at radius 2 is 2.15 bits per heavy atom. The Labute approximate surface area is 190 Å². The van der Waals surface area contributed by atoms with Gasteiger partial charge in [-0.25, -0.2) is 9.37 Å². The zero-order chi connectivity index (χ0) is 23.9. The maximum Gasteiger partial charge on any atom is 0.228 e. The van der Waals surface area contributed by atoms with Crippen LogP contribution in [0.2, 0.25) is 0 Å². The number of pyridine rings is 1. The fourth-order valence-electron chi connectivity index (χ4n) is 4.14. The number of amides is 1. The number of carbonyl (C=O) groups excluding carboxylic acids is 1. The maximum atomic E-state index is 14.3. The lowest BCUT2D eigenvalue weighted by Crippen LogP contribution is -2.30. The number of hydrogen-bond acceptors (Lipinski definition) is 6. The summed E-state index contributed by atoms with van der Waals surface area (Å²) in [6.45, 7) is 5.01. The first kappa shape index (κ1) is 22.0. The summed E-state index contributed by atoms with van der Waals surface area (Å²) in [4.78, 5) is 18.6. The molecule has 2 aromatic heterocycles. The number of benzene rings is 1. The Balaban J connectivity index is 2.05. The first-order valence-corrected chi connectivity index (χ1v) is 10.4. The molecule has 3 heterocycles. The van der Waals surface area contributed by atoms with Crippen molar-refractivity contribution in [2.75, 3.05) is 10.6 Å². The highest BCUT2D eigenvalue weighted by Gasteiger charge is 2.28. The topological polar surface area (TPSA) is 110 Å². The van der Waals surface area contributed by atoms with Gasteiger partial charge in [-0.2, -0.15) is 10.4 Å². The first-order valence-electron chi connectivity index (χ1n) is 10.4. The van der Waals surface area contributed by atoms with Crippen molar-refractivity contribution in [3.05, 3.63) is 65.0 Å². The number of carbonyl (C=O) groups is 1. The van der Waals surface area contributed by atoms with E-state index in [2.05, 4.69) is 16.2 Å². The van der Waals surface area contributed by atoms with E-state index < -0.39 is 11.9 Å². The average molecular weight is 446 g/mol. The van der Waals surface area contributed by atoms with Gasteiger partial charge < -0.3 is 10.5 Å². The number of ether oxygens (including phenoxy) is 1. The van der Waals surface area contributed by atoms with E-state index in [4.69, 9.17) is 10.5 Å². The van der Waals surface area contributed by atoms with Crippen molar-refractivity contribution in [3.8, 4) is 22.9 Å². The molecule has 2 bridgehead atoms. The van der Waals surface area contributed by atoms with Crippen LogP contribution in [0.3, 0.4) is 0 Å². The van der Waals surface area contributed by atoms with Crippen LogP contribution in [0.4, 0.5) is 15.9 Å². The Kier molecular flexibility index (Phi) is 5.60. The molecule has 0 aliphatic carbocycles. The van der Waals surface area contributed by atoms with Crippen LogP contribution in [0.15, 0.2) is 42.2 Å². The number of aryl methyl sites for hydroxylation is 1. The summed E-state index contributed by atoms with van der Waals surface area (Å²) in [5.41, 5.74) is 9.81. The number of fused-ring (bicyclic) bond motifs is 5. The number of nitrogens with zero attached hydrogens (tertiary/aromatic N) is 5. The quantitative estimate of drug-likeness (QED) is 0.558. The van der Waals surface area contributed by atoms with E-state index in [1.54, 1.807) is 32.3 Å². The third-order valence-corrected chi connectivity index (χ3v) is 5.65. The summed E-state index contributed by atoms with van der Waals surface area (Å²) < 4.78 is 21.9. The van der Waals surface area contributed by atoms with E-state index in [9.17, 15) is 14.4 Å². The van der Waals surface area contributed by atoms with E-state index >= 15 is 0 Å². The van der Waals surface area contributed by atoms with Crippen molar-refractivity contribution >= 4 is 17.4 Å². The highest BCUT2D eigenvalue weighted by atomic mass is 19.1. The number of aromatic nitrogens is 3. The van der Waals surface area contributed by atoms with Crippen LogP contribution in [-0.4, -0.2) is 20.7 Å². The normalized spacial score (nSPS) is 16.7. The van der Waals surface area contributed by atoms with Crippen molar-refractivity contribution in [1.29, 1.82) is 5.26 Å². The standard InChI is InChI=1S/C24H23FN6O2/c1-5-17-10-19-23(21(11-26)30(4)29-19)15-8-22(24(27)28-12-15)33-13(2)18-9-16(25)6-7-20(18)31(17)14(3)32/h5-9,12-13H,10H2,1-4H3,(H2,27,28)/t13-/m1/s1. The van der Waals surface area contributed by atoms with Crippen LogP contribution in [-0.2, 0) is 18.3 Å². The summed E-state index contributed by atoms with van der Waals surface area (Å²) in [5, 5.41) is 14.4. The third kappa shape index (κ3) is 3.80. The molecule has 1 atom stereocenters. The van der Waals surface area contributed by atoms with E-state index in [1.165, 1.54) is 28.6 Å². The van der Waals surface area contributed by atoms with Crippen LogP contribution >= 0.6 is 0 Å². The van der Waals surface area contributed by atoms with Gasteiger partial charge in [0.15, 0.2) is 11.6 Å². The molecule has 1 aliphatic heterocycles. The monoisotopic (exact) mass is 446 g/mol. The van der Waals surface area contributed by atoms with Gasteiger partial charge in [0.1, 0.15) is 23.7 Å². The number of nitriles is 1. The summed E-state index contributed by atoms with van der Waals surface area (Å²) >= 11 is 0. The molecular weight excluding hydrogens is 423 g/mol. The highest BCUT2D eigenvalue weighted by molar-refractivity contribution is 5.96. The smallest absolute Gasteiger partial charge is 0.228 e. The summed E-state index contributed by atoms with van der Waals surface area (Å²) in [7, 11) is 1.68. The molecule has 0 saturated carbocycles. The van der Waals surface area contributed by atoms with E-state index in [-0.39, 0.29) is 23.9 Å². The molecule has 3 aromatic rings. The molecule has 0 radical (unpaired) electrons. The maximum absolute atomic E-state index is 14.3. The summed E-state index contributed by atoms with van der Waals surface area (Å²) in [5.74, 6) is -0.262. The molecule has 0 unspecified atom stereocenters. The van der Waals surface area contributed by atoms with E-state index in [0.29, 0.717) is 39.5 Å². The summed E-state index contributed by atoms with van der Waals surface area (Å²) in [6.07, 6.45) is 2.97. The van der Waals surface area contributed by atoms with Crippen LogP contribution < -0.4 is 15.4 Å². The van der Waals surface area contributed by atoms with Gasteiger partial charge in [0.2, 0.25) is 5.91 Å². The van der Waals surface area contributed by atoms with Gasteiger partial charge in [0.05, 0.1) is 11.4 Å². The van der Waals surface area contributed by atoms with Crippen molar-refractivity contribution in [2.24, 2.45) is 7.05 Å². The van der Waals surface area contributed by atoms with Crippen LogP contribution in [0, 0.1) is 17.1 Å². The number of anilines is 2. The molecule has 2 N–H and O–H groups in total. The van der Waals surface area contributed by atoms with Crippen molar-refractivity contribution < 1.29 is 13.9 Å². The van der Waals surface area contributed by atoms with E-state index in [1.807, 2.05) is 13.0 Å².